The zero-order valence-electron chi connectivity index (χ0n) is 16.7. The Labute approximate surface area is 175 Å². The summed E-state index contributed by atoms with van der Waals surface area (Å²) in [5.41, 5.74) is 1.13. The molecule has 3 aliphatic heterocycles. The second-order valence-electron chi connectivity index (χ2n) is 8.30. The highest BCUT2D eigenvalue weighted by Crippen LogP contribution is 2.42. The van der Waals surface area contributed by atoms with Crippen molar-refractivity contribution >= 4 is 34.9 Å². The van der Waals surface area contributed by atoms with Gasteiger partial charge in [-0.2, -0.15) is 11.8 Å². The van der Waals surface area contributed by atoms with Crippen LogP contribution in [0.2, 0.25) is 0 Å². The Morgan fingerprint density at radius 2 is 2.21 bits per heavy atom. The van der Waals surface area contributed by atoms with Crippen molar-refractivity contribution < 1.29 is 9.59 Å². The Bertz CT molecular complexity index is 725. The lowest BCUT2D eigenvalue weighted by Gasteiger charge is -2.55. The van der Waals surface area contributed by atoms with E-state index in [2.05, 4.69) is 20.6 Å². The fourth-order valence-corrected chi connectivity index (χ4v) is 6.22. The van der Waals surface area contributed by atoms with E-state index in [-0.39, 0.29) is 29.8 Å². The molecule has 4 rings (SSSR count). The predicted molar refractivity (Wildman–Crippen MR) is 113 cm³/mol. The molecule has 0 unspecified atom stereocenters. The zero-order chi connectivity index (χ0) is 19.7. The number of nitrogens with one attached hydrogen (secondary N) is 1. The van der Waals surface area contributed by atoms with E-state index < -0.39 is 0 Å². The lowest BCUT2D eigenvalue weighted by atomic mass is 9.71. The van der Waals surface area contributed by atoms with Crippen LogP contribution in [0.15, 0.2) is 5.38 Å². The standard InChI is InChI=1S/C20H30N4O2S2/c1-13-22-16(12-28-13)11-23-9-14-8-15(10-23)19(20(26)21-6-7-27-2)24-17(14)4-3-5-18(24)25/h12,14-15,17,19H,3-11H2,1-2H3,(H,21,26)/t14-,15+,17-,19+/m0/s1. The lowest BCUT2D eigenvalue weighted by molar-refractivity contribution is -0.160. The quantitative estimate of drug-likeness (QED) is 0.712. The SMILES string of the molecule is CSCCNC(=O)[C@H]1[C@@H]2C[C@@H](CN(Cc3csc(C)n3)C2)[C@@H]2CCCC(=O)N21. The molecule has 0 radical (unpaired) electrons. The zero-order valence-corrected chi connectivity index (χ0v) is 18.4. The highest BCUT2D eigenvalue weighted by molar-refractivity contribution is 7.98. The number of rotatable bonds is 6. The number of thioether (sulfide) groups is 1. The average Bonchev–Trinajstić information content (AvgIpc) is 3.07. The van der Waals surface area contributed by atoms with Crippen LogP contribution >= 0.6 is 23.1 Å². The van der Waals surface area contributed by atoms with Gasteiger partial charge in [0.15, 0.2) is 0 Å². The Kier molecular flexibility index (Phi) is 6.27. The summed E-state index contributed by atoms with van der Waals surface area (Å²) in [6.07, 6.45) is 5.67. The molecule has 154 valence electrons. The number of aromatic nitrogens is 1. The number of nitrogens with zero attached hydrogens (tertiary/aromatic N) is 3. The fraction of sp³-hybridized carbons (Fsp3) is 0.750. The minimum Gasteiger partial charge on any atom is -0.353 e. The Morgan fingerprint density at radius 1 is 1.39 bits per heavy atom. The molecule has 1 aromatic heterocycles. The van der Waals surface area contributed by atoms with Crippen LogP contribution in [0.25, 0.3) is 0 Å². The van der Waals surface area contributed by atoms with Crippen molar-refractivity contribution in [2.45, 2.75) is 51.2 Å². The van der Waals surface area contributed by atoms with Crippen molar-refractivity contribution in [1.29, 1.82) is 0 Å². The third-order valence-corrected chi connectivity index (χ3v) is 7.78. The molecule has 1 aromatic rings. The molecule has 28 heavy (non-hydrogen) atoms. The summed E-state index contributed by atoms with van der Waals surface area (Å²) >= 11 is 3.42. The summed E-state index contributed by atoms with van der Waals surface area (Å²) in [5, 5.41) is 6.34. The van der Waals surface area contributed by atoms with Crippen LogP contribution in [-0.2, 0) is 16.1 Å². The molecular weight excluding hydrogens is 392 g/mol. The summed E-state index contributed by atoms with van der Waals surface area (Å²) in [7, 11) is 0. The van der Waals surface area contributed by atoms with Crippen LogP contribution in [0.4, 0.5) is 0 Å². The van der Waals surface area contributed by atoms with E-state index in [4.69, 9.17) is 0 Å². The second kappa shape index (κ2) is 8.71. The fourth-order valence-electron chi connectivity index (χ4n) is 5.31. The molecule has 0 aliphatic carbocycles. The summed E-state index contributed by atoms with van der Waals surface area (Å²) < 4.78 is 0. The van der Waals surface area contributed by atoms with Gasteiger partial charge < -0.3 is 10.2 Å². The van der Waals surface area contributed by atoms with E-state index in [0.717, 1.165) is 55.4 Å². The molecule has 1 N–H and O–H groups in total. The van der Waals surface area contributed by atoms with E-state index in [1.807, 2.05) is 18.1 Å². The highest BCUT2D eigenvalue weighted by atomic mass is 32.2. The van der Waals surface area contributed by atoms with Crippen molar-refractivity contribution in [3.05, 3.63) is 16.1 Å². The van der Waals surface area contributed by atoms with Crippen LogP contribution in [0.3, 0.4) is 0 Å². The molecule has 4 atom stereocenters. The topological polar surface area (TPSA) is 65.5 Å². The number of thiazole rings is 1. The molecule has 0 saturated carbocycles. The molecule has 3 fully saturated rings. The van der Waals surface area contributed by atoms with Gasteiger partial charge in [-0.3, -0.25) is 14.5 Å². The maximum absolute atomic E-state index is 13.1. The summed E-state index contributed by atoms with van der Waals surface area (Å²) in [6.45, 7) is 5.42. The maximum Gasteiger partial charge on any atom is 0.243 e. The van der Waals surface area contributed by atoms with Crippen LogP contribution in [0, 0.1) is 18.8 Å². The molecule has 2 amide bonds. The molecule has 0 aromatic carbocycles. The van der Waals surface area contributed by atoms with Crippen molar-refractivity contribution in [1.82, 2.24) is 20.1 Å². The lowest BCUT2D eigenvalue weighted by Crippen LogP contribution is -2.68. The van der Waals surface area contributed by atoms with E-state index in [9.17, 15) is 9.59 Å². The van der Waals surface area contributed by atoms with Gasteiger partial charge in [-0.15, -0.1) is 11.3 Å². The Morgan fingerprint density at radius 3 is 2.96 bits per heavy atom. The van der Waals surface area contributed by atoms with Crippen LogP contribution in [0.1, 0.15) is 36.4 Å². The van der Waals surface area contributed by atoms with E-state index >= 15 is 0 Å². The minimum absolute atomic E-state index is 0.0455. The molecule has 8 heteroatoms. The molecule has 4 heterocycles. The maximum atomic E-state index is 13.1. The van der Waals surface area contributed by atoms with Gasteiger partial charge in [-0.05, 0) is 38.4 Å². The summed E-state index contributed by atoms with van der Waals surface area (Å²) in [4.78, 5) is 35.0. The molecular formula is C20H30N4O2S2. The normalized spacial score (nSPS) is 30.2. The Hall–Kier alpha value is -1.12. The number of fused-ring (bicyclic) bond motifs is 4. The van der Waals surface area contributed by atoms with Crippen molar-refractivity contribution in [2.75, 3.05) is 31.6 Å². The van der Waals surface area contributed by atoms with Gasteiger partial charge in [-0.25, -0.2) is 4.98 Å². The van der Waals surface area contributed by atoms with Gasteiger partial charge in [0.25, 0.3) is 0 Å². The number of amides is 2. The van der Waals surface area contributed by atoms with E-state index in [1.54, 1.807) is 23.1 Å². The van der Waals surface area contributed by atoms with Crippen LogP contribution in [0.5, 0.6) is 0 Å². The van der Waals surface area contributed by atoms with Gasteiger partial charge in [0.2, 0.25) is 11.8 Å². The molecule has 6 nitrogen and oxygen atoms in total. The highest BCUT2D eigenvalue weighted by Gasteiger charge is 2.51. The number of piperidine rings is 3. The third kappa shape index (κ3) is 4.09. The van der Waals surface area contributed by atoms with Crippen LogP contribution in [-0.4, -0.2) is 70.3 Å². The van der Waals surface area contributed by atoms with E-state index in [1.165, 1.54) is 0 Å². The Balaban J connectivity index is 1.53. The summed E-state index contributed by atoms with van der Waals surface area (Å²) in [6, 6.07) is -0.0929. The monoisotopic (exact) mass is 422 g/mol. The molecule has 3 aliphatic rings. The van der Waals surface area contributed by atoms with E-state index in [0.29, 0.717) is 18.9 Å². The first-order chi connectivity index (χ1) is 13.6. The first-order valence-electron chi connectivity index (χ1n) is 10.3. The largest absolute Gasteiger partial charge is 0.353 e. The molecule has 2 bridgehead atoms. The number of likely N-dealkylation sites (tertiary alicyclic amines) is 1. The number of aryl methyl sites for hydroxylation is 1. The number of hydrogen-bond acceptors (Lipinski definition) is 6. The van der Waals surface area contributed by atoms with Gasteiger partial charge >= 0.3 is 0 Å². The first-order valence-corrected chi connectivity index (χ1v) is 12.6. The predicted octanol–water partition coefficient (Wildman–Crippen LogP) is 2.13. The smallest absolute Gasteiger partial charge is 0.243 e. The van der Waals surface area contributed by atoms with Crippen molar-refractivity contribution in [3.8, 4) is 0 Å². The number of carbonyl (C=O) groups is 2. The first kappa shape index (κ1) is 20.2. The number of hydrogen-bond donors (Lipinski definition) is 1. The van der Waals surface area contributed by atoms with Gasteiger partial charge in [-0.1, -0.05) is 0 Å². The van der Waals surface area contributed by atoms with Gasteiger partial charge in [0.05, 0.1) is 10.7 Å². The second-order valence-corrected chi connectivity index (χ2v) is 10.3. The minimum atomic E-state index is -0.309. The van der Waals surface area contributed by atoms with Gasteiger partial charge in [0, 0.05) is 55.7 Å². The van der Waals surface area contributed by atoms with Crippen molar-refractivity contribution in [3.63, 3.8) is 0 Å². The van der Waals surface area contributed by atoms with Crippen molar-refractivity contribution in [2.24, 2.45) is 11.8 Å². The molecule has 3 saturated heterocycles. The van der Waals surface area contributed by atoms with Crippen LogP contribution < -0.4 is 5.32 Å². The molecule has 0 spiro atoms. The number of carbonyl (C=O) groups excluding carboxylic acids is 2. The summed E-state index contributed by atoms with van der Waals surface area (Å²) in [5.74, 6) is 1.81. The van der Waals surface area contributed by atoms with Gasteiger partial charge in [0.1, 0.15) is 6.04 Å². The average molecular weight is 423 g/mol. The third-order valence-electron chi connectivity index (χ3n) is 6.34.